The van der Waals surface area contributed by atoms with Gasteiger partial charge in [0.05, 0.1) is 16.3 Å². The Kier molecular flexibility index (Phi) is 6.04. The second-order valence-electron chi connectivity index (χ2n) is 6.85. The number of phenols is 1. The number of phenolic OH excluding ortho intramolecular Hbond substituents is 1. The summed E-state index contributed by atoms with van der Waals surface area (Å²) in [7, 11) is -3.46. The van der Waals surface area contributed by atoms with Crippen molar-refractivity contribution in [2.45, 2.75) is 31.6 Å². The van der Waals surface area contributed by atoms with E-state index in [0.717, 1.165) is 5.56 Å². The van der Waals surface area contributed by atoms with Gasteiger partial charge in [0, 0.05) is 10.9 Å². The summed E-state index contributed by atoms with van der Waals surface area (Å²) < 4.78 is 24.1. The zero-order valence-corrected chi connectivity index (χ0v) is 18.0. The summed E-state index contributed by atoms with van der Waals surface area (Å²) in [6.07, 6.45) is 0. The van der Waals surface area contributed by atoms with Crippen LogP contribution in [-0.4, -0.2) is 30.2 Å². The highest BCUT2D eigenvalue weighted by Gasteiger charge is 2.17. The van der Waals surface area contributed by atoms with Crippen molar-refractivity contribution >= 4 is 32.8 Å². The third kappa shape index (κ3) is 4.65. The molecule has 0 saturated heterocycles. The third-order valence-corrected chi connectivity index (χ3v) is 7.14. The number of hydrogen-bond acceptors (Lipinski definition) is 6. The van der Waals surface area contributed by atoms with Gasteiger partial charge in [0.25, 0.3) is 5.91 Å². The lowest BCUT2D eigenvalue weighted by Gasteiger charge is -2.09. The highest BCUT2D eigenvalue weighted by molar-refractivity contribution is 7.91. The van der Waals surface area contributed by atoms with Gasteiger partial charge >= 0.3 is 0 Å². The van der Waals surface area contributed by atoms with Crippen LogP contribution in [-0.2, 0) is 9.84 Å². The molecule has 2 N–H and O–H groups in total. The first-order valence-electron chi connectivity index (χ1n) is 9.14. The van der Waals surface area contributed by atoms with E-state index in [1.807, 2.05) is 24.3 Å². The fourth-order valence-corrected chi connectivity index (χ4v) is 4.40. The van der Waals surface area contributed by atoms with Gasteiger partial charge in [-0.05, 0) is 29.7 Å². The predicted octanol–water partition coefficient (Wildman–Crippen LogP) is 4.69. The van der Waals surface area contributed by atoms with Crippen LogP contribution in [0.15, 0.2) is 52.7 Å². The number of aromatic hydroxyl groups is 1. The van der Waals surface area contributed by atoms with Crippen LogP contribution in [0.3, 0.4) is 0 Å². The Balaban J connectivity index is 1.81. The molecule has 0 saturated carbocycles. The van der Waals surface area contributed by atoms with Gasteiger partial charge in [0.15, 0.2) is 9.84 Å². The van der Waals surface area contributed by atoms with E-state index in [4.69, 9.17) is 0 Å². The number of thiazole rings is 1. The maximum Gasteiger partial charge on any atom is 0.275 e. The molecule has 0 unspecified atom stereocenters. The summed E-state index contributed by atoms with van der Waals surface area (Å²) in [5.41, 5.74) is 2.36. The molecule has 0 atom stereocenters. The van der Waals surface area contributed by atoms with Crippen LogP contribution in [0.5, 0.6) is 5.75 Å². The van der Waals surface area contributed by atoms with Crippen molar-refractivity contribution in [3.63, 3.8) is 0 Å². The average molecular weight is 431 g/mol. The minimum atomic E-state index is -3.46. The van der Waals surface area contributed by atoms with Crippen LogP contribution in [0.2, 0.25) is 0 Å². The molecule has 0 fully saturated rings. The molecule has 3 aromatic rings. The highest BCUT2D eigenvalue weighted by atomic mass is 32.2. The molecule has 0 aliphatic rings. The minimum absolute atomic E-state index is 0.0281. The van der Waals surface area contributed by atoms with Crippen LogP contribution < -0.4 is 5.32 Å². The molecule has 6 nitrogen and oxygen atoms in total. The Morgan fingerprint density at radius 3 is 2.48 bits per heavy atom. The number of nitrogens with zero attached hydrogens (tertiary/aromatic N) is 1. The molecule has 1 heterocycles. The van der Waals surface area contributed by atoms with E-state index in [1.165, 1.54) is 42.0 Å². The zero-order chi connectivity index (χ0) is 21.2. The molecular weight excluding hydrogens is 408 g/mol. The van der Waals surface area contributed by atoms with Crippen molar-refractivity contribution < 1.29 is 18.3 Å². The van der Waals surface area contributed by atoms with Gasteiger partial charge in [0.1, 0.15) is 16.5 Å². The van der Waals surface area contributed by atoms with Crippen molar-refractivity contribution in [2.24, 2.45) is 0 Å². The smallest absolute Gasteiger partial charge is 0.275 e. The standard InChI is InChI=1S/C21H22N2O4S2/c1-4-29(26,27)16-9-10-19(24)17(11-16)22-20(25)18-12-28-21(23-18)15-7-5-14(6-8-15)13(2)3/h5-13,24H,4H2,1-3H3,(H,22,25). The van der Waals surface area contributed by atoms with Crippen molar-refractivity contribution in [3.05, 3.63) is 59.1 Å². The first-order chi connectivity index (χ1) is 13.7. The maximum atomic E-state index is 12.6. The van der Waals surface area contributed by atoms with E-state index in [-0.39, 0.29) is 27.8 Å². The van der Waals surface area contributed by atoms with Gasteiger partial charge in [-0.25, -0.2) is 13.4 Å². The van der Waals surface area contributed by atoms with Gasteiger partial charge in [-0.15, -0.1) is 11.3 Å². The molecule has 0 aliphatic heterocycles. The van der Waals surface area contributed by atoms with E-state index in [2.05, 4.69) is 24.1 Å². The first-order valence-corrected chi connectivity index (χ1v) is 11.7. The van der Waals surface area contributed by atoms with Crippen molar-refractivity contribution in [1.82, 2.24) is 4.98 Å². The number of benzene rings is 2. The fraction of sp³-hybridized carbons (Fsp3) is 0.238. The molecular formula is C21H22N2O4S2. The van der Waals surface area contributed by atoms with Crippen molar-refractivity contribution in [1.29, 1.82) is 0 Å². The lowest BCUT2D eigenvalue weighted by Crippen LogP contribution is -2.13. The van der Waals surface area contributed by atoms with Gasteiger partial charge in [0.2, 0.25) is 0 Å². The summed E-state index contributed by atoms with van der Waals surface area (Å²) in [4.78, 5) is 17.0. The summed E-state index contributed by atoms with van der Waals surface area (Å²) in [5, 5.41) is 14.9. The number of rotatable bonds is 6. The van der Waals surface area contributed by atoms with E-state index in [0.29, 0.717) is 10.9 Å². The average Bonchev–Trinajstić information content (AvgIpc) is 3.20. The second kappa shape index (κ2) is 8.34. The van der Waals surface area contributed by atoms with E-state index in [9.17, 15) is 18.3 Å². The quantitative estimate of drug-likeness (QED) is 0.553. The molecule has 1 amide bonds. The van der Waals surface area contributed by atoms with Gasteiger partial charge in [-0.1, -0.05) is 45.0 Å². The lowest BCUT2D eigenvalue weighted by molar-refractivity contribution is 0.102. The number of amides is 1. The van der Waals surface area contributed by atoms with E-state index >= 15 is 0 Å². The van der Waals surface area contributed by atoms with Crippen molar-refractivity contribution in [2.75, 3.05) is 11.1 Å². The third-order valence-electron chi connectivity index (χ3n) is 4.52. The molecule has 0 bridgehead atoms. The summed E-state index contributed by atoms with van der Waals surface area (Å²) >= 11 is 1.34. The number of hydrogen-bond donors (Lipinski definition) is 2. The van der Waals surface area contributed by atoms with Gasteiger partial charge in [-0.3, -0.25) is 4.79 Å². The van der Waals surface area contributed by atoms with Crippen LogP contribution in [0, 0.1) is 0 Å². The Bertz CT molecular complexity index is 1130. The van der Waals surface area contributed by atoms with Crippen LogP contribution in [0.25, 0.3) is 10.6 Å². The van der Waals surface area contributed by atoms with Crippen LogP contribution >= 0.6 is 11.3 Å². The number of sulfone groups is 1. The maximum absolute atomic E-state index is 12.6. The Morgan fingerprint density at radius 1 is 1.17 bits per heavy atom. The zero-order valence-electron chi connectivity index (χ0n) is 16.3. The summed E-state index contributed by atoms with van der Waals surface area (Å²) in [6.45, 7) is 5.78. The molecule has 1 aromatic heterocycles. The Hall–Kier alpha value is -2.71. The summed E-state index contributed by atoms with van der Waals surface area (Å²) in [5.74, 6) is -0.377. The predicted molar refractivity (Wildman–Crippen MR) is 115 cm³/mol. The van der Waals surface area contributed by atoms with Crippen molar-refractivity contribution in [3.8, 4) is 16.3 Å². The summed E-state index contributed by atoms with van der Waals surface area (Å²) in [6, 6.07) is 11.8. The van der Waals surface area contributed by atoms with E-state index < -0.39 is 15.7 Å². The topological polar surface area (TPSA) is 96.4 Å². The minimum Gasteiger partial charge on any atom is -0.506 e. The number of aromatic nitrogens is 1. The molecule has 8 heteroatoms. The molecule has 0 aliphatic carbocycles. The van der Waals surface area contributed by atoms with Crippen LogP contribution in [0.4, 0.5) is 5.69 Å². The molecule has 2 aromatic carbocycles. The highest BCUT2D eigenvalue weighted by Crippen LogP contribution is 2.29. The van der Waals surface area contributed by atoms with Gasteiger partial charge < -0.3 is 10.4 Å². The fourth-order valence-electron chi connectivity index (χ4n) is 2.68. The lowest BCUT2D eigenvalue weighted by atomic mass is 10.0. The molecule has 0 radical (unpaired) electrons. The van der Waals surface area contributed by atoms with E-state index in [1.54, 1.807) is 5.38 Å². The molecule has 3 rings (SSSR count). The SMILES string of the molecule is CCS(=O)(=O)c1ccc(O)c(NC(=O)c2csc(-c3ccc(C(C)C)cc3)n2)c1. The monoisotopic (exact) mass is 430 g/mol. The number of carbonyl (C=O) groups excluding carboxylic acids is 1. The van der Waals surface area contributed by atoms with Gasteiger partial charge in [-0.2, -0.15) is 0 Å². The first kappa shape index (κ1) is 21.0. The number of anilines is 1. The number of nitrogens with one attached hydrogen (secondary N) is 1. The Morgan fingerprint density at radius 2 is 1.86 bits per heavy atom. The Labute approximate surface area is 174 Å². The largest absolute Gasteiger partial charge is 0.506 e. The second-order valence-corrected chi connectivity index (χ2v) is 9.99. The molecule has 0 spiro atoms. The molecule has 152 valence electrons. The van der Waals surface area contributed by atoms with Crippen LogP contribution in [0.1, 0.15) is 42.7 Å². The molecule has 29 heavy (non-hydrogen) atoms. The number of carbonyl (C=O) groups is 1. The normalized spacial score (nSPS) is 11.6.